The zero-order chi connectivity index (χ0) is 20.0. The fraction of sp³-hybridized carbons (Fsp3) is 0.286. The number of ketones is 1. The van der Waals surface area contributed by atoms with Crippen LogP contribution in [0.2, 0.25) is 0 Å². The van der Waals surface area contributed by atoms with Crippen LogP contribution < -0.4 is 15.4 Å². The van der Waals surface area contributed by atoms with E-state index >= 15 is 0 Å². The summed E-state index contributed by atoms with van der Waals surface area (Å²) >= 11 is 0. The maximum absolute atomic E-state index is 12.2. The van der Waals surface area contributed by atoms with Crippen molar-refractivity contribution in [1.29, 1.82) is 0 Å². The number of aryl methyl sites for hydroxylation is 1. The molecule has 0 saturated carbocycles. The summed E-state index contributed by atoms with van der Waals surface area (Å²) in [5, 5.41) is 5.39. The van der Waals surface area contributed by atoms with Crippen LogP contribution in [0.4, 0.5) is 5.69 Å². The smallest absolute Gasteiger partial charge is 0.243 e. The normalized spacial score (nSPS) is 10.2. The van der Waals surface area contributed by atoms with E-state index in [-0.39, 0.29) is 30.6 Å². The van der Waals surface area contributed by atoms with Gasteiger partial charge in [0.15, 0.2) is 5.78 Å². The highest BCUT2D eigenvalue weighted by atomic mass is 16.5. The Bertz CT molecular complexity index is 874. The standard InChI is InChI=1S/C21H24N2O4/c1-13-6-5-7-18(14(13)2)23-21(26)12-22-20(25)11-17-10-16(15(3)24)8-9-19(17)27-4/h5-10H,11-12H2,1-4H3,(H,22,25)(H,23,26). The Morgan fingerprint density at radius 2 is 1.78 bits per heavy atom. The third-order valence-electron chi connectivity index (χ3n) is 4.36. The predicted octanol–water partition coefficient (Wildman–Crippen LogP) is 2.81. The molecule has 2 rings (SSSR count). The molecule has 2 aromatic rings. The summed E-state index contributed by atoms with van der Waals surface area (Å²) in [6, 6.07) is 10.6. The van der Waals surface area contributed by atoms with Gasteiger partial charge in [-0.05, 0) is 56.2 Å². The van der Waals surface area contributed by atoms with Crippen molar-refractivity contribution in [3.05, 3.63) is 58.7 Å². The van der Waals surface area contributed by atoms with Gasteiger partial charge >= 0.3 is 0 Å². The van der Waals surface area contributed by atoms with E-state index in [4.69, 9.17) is 4.74 Å². The van der Waals surface area contributed by atoms with E-state index in [2.05, 4.69) is 10.6 Å². The fourth-order valence-corrected chi connectivity index (χ4v) is 2.63. The van der Waals surface area contributed by atoms with Gasteiger partial charge in [-0.2, -0.15) is 0 Å². The first-order valence-corrected chi connectivity index (χ1v) is 8.62. The first-order chi connectivity index (χ1) is 12.8. The van der Waals surface area contributed by atoms with Gasteiger partial charge in [-0.15, -0.1) is 0 Å². The second-order valence-corrected chi connectivity index (χ2v) is 6.33. The van der Waals surface area contributed by atoms with Crippen LogP contribution >= 0.6 is 0 Å². The zero-order valence-electron chi connectivity index (χ0n) is 16.0. The lowest BCUT2D eigenvalue weighted by Gasteiger charge is -2.12. The summed E-state index contributed by atoms with van der Waals surface area (Å²) in [7, 11) is 1.50. The molecule has 0 aliphatic rings. The Hall–Kier alpha value is -3.15. The molecule has 27 heavy (non-hydrogen) atoms. The number of hydrogen-bond acceptors (Lipinski definition) is 4. The minimum Gasteiger partial charge on any atom is -0.496 e. The maximum Gasteiger partial charge on any atom is 0.243 e. The largest absolute Gasteiger partial charge is 0.496 e. The number of anilines is 1. The van der Waals surface area contributed by atoms with Crippen LogP contribution in [0.15, 0.2) is 36.4 Å². The molecule has 0 unspecified atom stereocenters. The van der Waals surface area contributed by atoms with E-state index in [1.807, 2.05) is 32.0 Å². The highest BCUT2D eigenvalue weighted by Crippen LogP contribution is 2.21. The minimum absolute atomic E-state index is 0.0149. The monoisotopic (exact) mass is 368 g/mol. The number of methoxy groups -OCH3 is 1. The number of benzene rings is 2. The summed E-state index contributed by atoms with van der Waals surface area (Å²) in [6.45, 7) is 5.22. The molecule has 6 heteroatoms. The second-order valence-electron chi connectivity index (χ2n) is 6.33. The molecule has 0 aromatic heterocycles. The van der Waals surface area contributed by atoms with Crippen LogP contribution in [0.3, 0.4) is 0 Å². The molecule has 2 N–H and O–H groups in total. The van der Waals surface area contributed by atoms with Gasteiger partial charge in [0.05, 0.1) is 20.1 Å². The first-order valence-electron chi connectivity index (χ1n) is 8.62. The number of nitrogens with one attached hydrogen (secondary N) is 2. The highest BCUT2D eigenvalue weighted by molar-refractivity contribution is 5.96. The van der Waals surface area contributed by atoms with E-state index in [0.29, 0.717) is 16.9 Å². The third kappa shape index (κ3) is 5.41. The first kappa shape index (κ1) is 20.2. The molecule has 0 aliphatic carbocycles. The lowest BCUT2D eigenvalue weighted by Crippen LogP contribution is -2.34. The highest BCUT2D eigenvalue weighted by Gasteiger charge is 2.13. The molecular weight excluding hydrogens is 344 g/mol. The lowest BCUT2D eigenvalue weighted by atomic mass is 10.0. The molecule has 0 bridgehead atoms. The molecule has 0 atom stereocenters. The van der Waals surface area contributed by atoms with E-state index in [1.54, 1.807) is 18.2 Å². The van der Waals surface area contributed by atoms with Crippen LogP contribution in [-0.4, -0.2) is 31.3 Å². The Balaban J connectivity index is 1.96. The number of carbonyl (C=O) groups is 3. The molecule has 0 aliphatic heterocycles. The van der Waals surface area contributed by atoms with Crippen molar-refractivity contribution >= 4 is 23.3 Å². The van der Waals surface area contributed by atoms with E-state index < -0.39 is 0 Å². The Morgan fingerprint density at radius 1 is 1.04 bits per heavy atom. The van der Waals surface area contributed by atoms with Gasteiger partial charge < -0.3 is 15.4 Å². The fourth-order valence-electron chi connectivity index (χ4n) is 2.63. The van der Waals surface area contributed by atoms with Crippen LogP contribution in [0.5, 0.6) is 5.75 Å². The quantitative estimate of drug-likeness (QED) is 0.736. The van der Waals surface area contributed by atoms with Crippen molar-refractivity contribution < 1.29 is 19.1 Å². The van der Waals surface area contributed by atoms with Crippen LogP contribution in [-0.2, 0) is 16.0 Å². The van der Waals surface area contributed by atoms with Crippen LogP contribution in [0.25, 0.3) is 0 Å². The molecular formula is C21H24N2O4. The predicted molar refractivity (Wildman–Crippen MR) is 104 cm³/mol. The summed E-state index contributed by atoms with van der Waals surface area (Å²) in [4.78, 5) is 35.8. The van der Waals surface area contributed by atoms with Crippen molar-refractivity contribution in [3.8, 4) is 5.75 Å². The molecule has 0 fully saturated rings. The average molecular weight is 368 g/mol. The SMILES string of the molecule is COc1ccc(C(C)=O)cc1CC(=O)NCC(=O)Nc1cccc(C)c1C. The molecule has 2 amide bonds. The molecule has 6 nitrogen and oxygen atoms in total. The number of hydrogen-bond donors (Lipinski definition) is 2. The van der Waals surface area contributed by atoms with E-state index in [9.17, 15) is 14.4 Å². The summed E-state index contributed by atoms with van der Waals surface area (Å²) in [5.74, 6) is -0.200. The Kier molecular flexibility index (Phi) is 6.71. The lowest BCUT2D eigenvalue weighted by molar-refractivity contribution is -0.123. The average Bonchev–Trinajstić information content (AvgIpc) is 2.63. The van der Waals surface area contributed by atoms with Gasteiger partial charge in [-0.25, -0.2) is 0 Å². The van der Waals surface area contributed by atoms with E-state index in [1.165, 1.54) is 14.0 Å². The molecule has 0 heterocycles. The zero-order valence-corrected chi connectivity index (χ0v) is 16.0. The molecule has 0 spiro atoms. The Morgan fingerprint density at radius 3 is 2.44 bits per heavy atom. The van der Waals surface area contributed by atoms with Crippen molar-refractivity contribution in [3.63, 3.8) is 0 Å². The Labute approximate surface area is 158 Å². The van der Waals surface area contributed by atoms with Gasteiger partial charge in [0, 0.05) is 16.8 Å². The molecule has 142 valence electrons. The summed E-state index contributed by atoms with van der Waals surface area (Å²) in [6.07, 6.45) is 0.0149. The molecule has 0 saturated heterocycles. The topological polar surface area (TPSA) is 84.5 Å². The van der Waals surface area contributed by atoms with Crippen molar-refractivity contribution in [2.45, 2.75) is 27.2 Å². The van der Waals surface area contributed by atoms with E-state index in [0.717, 1.165) is 16.8 Å². The maximum atomic E-state index is 12.2. The molecule has 0 radical (unpaired) electrons. The second kappa shape index (κ2) is 8.98. The number of rotatable bonds is 7. The number of carbonyl (C=O) groups excluding carboxylic acids is 3. The number of ether oxygens (including phenoxy) is 1. The van der Waals surface area contributed by atoms with Gasteiger partial charge in [0.25, 0.3) is 0 Å². The van der Waals surface area contributed by atoms with Crippen LogP contribution in [0.1, 0.15) is 34.0 Å². The van der Waals surface area contributed by atoms with Gasteiger partial charge in [0.2, 0.25) is 11.8 Å². The summed E-state index contributed by atoms with van der Waals surface area (Å²) in [5.41, 5.74) is 3.89. The number of Topliss-reactive ketones (excluding diaryl/α,β-unsaturated/α-hetero) is 1. The van der Waals surface area contributed by atoms with Gasteiger partial charge in [-0.1, -0.05) is 12.1 Å². The van der Waals surface area contributed by atoms with Crippen molar-refractivity contribution in [1.82, 2.24) is 5.32 Å². The van der Waals surface area contributed by atoms with Crippen molar-refractivity contribution in [2.24, 2.45) is 0 Å². The van der Waals surface area contributed by atoms with Gasteiger partial charge in [-0.3, -0.25) is 14.4 Å². The molecule has 2 aromatic carbocycles. The van der Waals surface area contributed by atoms with Crippen molar-refractivity contribution in [2.75, 3.05) is 19.0 Å². The van der Waals surface area contributed by atoms with Gasteiger partial charge in [0.1, 0.15) is 5.75 Å². The number of amides is 2. The summed E-state index contributed by atoms with van der Waals surface area (Å²) < 4.78 is 5.24. The third-order valence-corrected chi connectivity index (χ3v) is 4.36. The van der Waals surface area contributed by atoms with Crippen LogP contribution in [0, 0.1) is 13.8 Å². The minimum atomic E-state index is -0.329.